The van der Waals surface area contributed by atoms with Gasteiger partial charge in [0.15, 0.2) is 0 Å². The van der Waals surface area contributed by atoms with Crippen molar-refractivity contribution in [2.24, 2.45) is 0 Å². The van der Waals surface area contributed by atoms with E-state index in [1.165, 1.54) is 19.6 Å². The third-order valence-electron chi connectivity index (χ3n) is 15.8. The summed E-state index contributed by atoms with van der Waals surface area (Å²) in [5.41, 5.74) is 4.61. The van der Waals surface area contributed by atoms with Gasteiger partial charge in [0.2, 0.25) is 47.3 Å². The van der Waals surface area contributed by atoms with Gasteiger partial charge < -0.3 is 50.8 Å². The highest BCUT2D eigenvalue weighted by molar-refractivity contribution is 5.99. The largest absolute Gasteiger partial charge is 0.361 e. The SMILES string of the molecule is CCCC[C@@H]1NC(=O)[C@H]2CCCN2C(=O)CN(Cc2ccccc2)C(=O)[C@H](Cc2c[nH]c3ccccc23)NC(=O)[C@H](CCCC)NC(=O)[C@H]2CCCN2C(=O)CN(Cc2ccccc2)C(=O)[C@H](Cc2c[nH]c3ccccc23)NC1=O. The van der Waals surface area contributed by atoms with Crippen LogP contribution in [0.15, 0.2) is 122 Å². The van der Waals surface area contributed by atoms with Gasteiger partial charge in [0.05, 0.1) is 0 Å². The molecule has 8 amide bonds. The van der Waals surface area contributed by atoms with Gasteiger partial charge in [0, 0.05) is 73.2 Å². The van der Waals surface area contributed by atoms with E-state index >= 15 is 9.59 Å². The van der Waals surface area contributed by atoms with Gasteiger partial charge in [0.25, 0.3) is 0 Å². The molecule has 3 aliphatic heterocycles. The second-order valence-electron chi connectivity index (χ2n) is 21.5. The lowest BCUT2D eigenvalue weighted by Crippen LogP contribution is -2.59. The standard InChI is InChI=1S/C62H74N10O8/c1-3-5-25-49-57(75)67-51(33-43-35-63-47-27-15-13-23-45(43)47)61(79)69(37-41-19-9-7-10-20-41)40-56(74)72-32-18-30-54(72)60(78)66-50(26-6-4-2)58(76)68-52(34-44-36-64-48-28-16-14-24-46(44)48)62(80)70(38-42-21-11-8-12-22-42)39-55(73)71-31-17-29-53(71)59(77)65-49/h7-16,19-24,27-28,35-36,49-54,63-64H,3-6,17-18,25-26,29-34,37-40H2,1-2H3,(H,65,77)(H,66,78)(H,67,75)(H,68,76)/t49-,50-,51-,52-,53+,54+/m0/s1. The molecule has 0 saturated carbocycles. The lowest BCUT2D eigenvalue weighted by Gasteiger charge is -2.33. The molecule has 6 aromatic rings. The Bertz CT molecular complexity index is 2950. The molecule has 3 saturated heterocycles. The Hall–Kier alpha value is -8.28. The first-order valence-electron chi connectivity index (χ1n) is 28.4. The average molecular weight is 1090 g/mol. The number of H-pyrrole nitrogens is 2. The number of aromatic amines is 2. The number of rotatable bonds is 14. The molecular weight excluding hydrogens is 1010 g/mol. The highest BCUT2D eigenvalue weighted by Crippen LogP contribution is 2.26. The molecule has 3 fully saturated rings. The van der Waals surface area contributed by atoms with Crippen molar-refractivity contribution in [2.45, 2.75) is 140 Å². The summed E-state index contributed by atoms with van der Waals surface area (Å²) >= 11 is 0. The maximum absolute atomic E-state index is 15.4. The zero-order valence-corrected chi connectivity index (χ0v) is 45.8. The van der Waals surface area contributed by atoms with Crippen LogP contribution in [0.3, 0.4) is 0 Å². The van der Waals surface area contributed by atoms with Crippen molar-refractivity contribution >= 4 is 69.1 Å². The third kappa shape index (κ3) is 13.6. The Morgan fingerprint density at radius 3 is 1.23 bits per heavy atom. The molecular formula is C62H74N10O8. The van der Waals surface area contributed by atoms with Crippen molar-refractivity contribution in [3.63, 3.8) is 0 Å². The minimum atomic E-state index is -1.22. The monoisotopic (exact) mass is 1090 g/mol. The number of unbranched alkanes of at least 4 members (excludes halogenated alkanes) is 2. The number of hydrogen-bond acceptors (Lipinski definition) is 8. The molecule has 0 spiro atoms. The number of carbonyl (C=O) groups excluding carboxylic acids is 8. The van der Waals surface area contributed by atoms with E-state index in [0.29, 0.717) is 51.4 Å². The normalized spacial score (nSPS) is 22.5. The Balaban J connectivity index is 1.10. The van der Waals surface area contributed by atoms with Crippen LogP contribution in [0.4, 0.5) is 0 Å². The van der Waals surface area contributed by atoms with Crippen LogP contribution in [0, 0.1) is 0 Å². The average Bonchev–Trinajstić information content (AvgIpc) is 4.35. The Kier molecular flexibility index (Phi) is 18.8. The van der Waals surface area contributed by atoms with Crippen molar-refractivity contribution in [1.29, 1.82) is 0 Å². The maximum Gasteiger partial charge on any atom is 0.246 e. The summed E-state index contributed by atoms with van der Waals surface area (Å²) in [5, 5.41) is 13.7. The van der Waals surface area contributed by atoms with Crippen LogP contribution < -0.4 is 21.3 Å². The molecule has 80 heavy (non-hydrogen) atoms. The molecule has 4 aromatic carbocycles. The van der Waals surface area contributed by atoms with Crippen molar-refractivity contribution < 1.29 is 38.4 Å². The smallest absolute Gasteiger partial charge is 0.246 e. The van der Waals surface area contributed by atoms with Crippen LogP contribution in [0.2, 0.25) is 0 Å². The van der Waals surface area contributed by atoms with E-state index in [2.05, 4.69) is 31.2 Å². The molecule has 0 unspecified atom stereocenters. The number of nitrogens with one attached hydrogen (secondary N) is 6. The molecule has 18 heteroatoms. The van der Waals surface area contributed by atoms with Crippen LogP contribution in [0.5, 0.6) is 0 Å². The number of benzene rings is 4. The minimum absolute atomic E-state index is 0.00160. The number of aromatic nitrogens is 2. The predicted octanol–water partition coefficient (Wildman–Crippen LogP) is 5.81. The van der Waals surface area contributed by atoms with E-state index in [-0.39, 0.29) is 51.9 Å². The first-order valence-corrected chi connectivity index (χ1v) is 28.4. The molecule has 420 valence electrons. The van der Waals surface area contributed by atoms with E-state index < -0.39 is 96.6 Å². The van der Waals surface area contributed by atoms with Gasteiger partial charge in [-0.1, -0.05) is 137 Å². The lowest BCUT2D eigenvalue weighted by atomic mass is 10.0. The summed E-state index contributed by atoms with van der Waals surface area (Å²) in [6.07, 6.45) is 8.20. The van der Waals surface area contributed by atoms with Gasteiger partial charge in [-0.3, -0.25) is 38.4 Å². The number of amides is 8. The lowest BCUT2D eigenvalue weighted by molar-refractivity contribution is -0.146. The highest BCUT2D eigenvalue weighted by Gasteiger charge is 2.41. The fraction of sp³-hybridized carbons (Fsp3) is 0.419. The van der Waals surface area contributed by atoms with E-state index in [0.717, 1.165) is 44.1 Å². The van der Waals surface area contributed by atoms with Crippen molar-refractivity contribution in [1.82, 2.24) is 50.8 Å². The molecule has 0 aliphatic carbocycles. The molecule has 2 aromatic heterocycles. The molecule has 0 bridgehead atoms. The molecule has 3 aliphatic rings. The summed E-state index contributed by atoms with van der Waals surface area (Å²) in [6, 6.07) is 27.0. The van der Waals surface area contributed by atoms with Gasteiger partial charge in [-0.2, -0.15) is 0 Å². The summed E-state index contributed by atoms with van der Waals surface area (Å²) < 4.78 is 0. The van der Waals surface area contributed by atoms with E-state index in [1.807, 2.05) is 123 Å². The van der Waals surface area contributed by atoms with Crippen molar-refractivity contribution in [2.75, 3.05) is 26.2 Å². The Morgan fingerprint density at radius 1 is 0.450 bits per heavy atom. The van der Waals surface area contributed by atoms with Gasteiger partial charge >= 0.3 is 0 Å². The summed E-state index contributed by atoms with van der Waals surface area (Å²) in [4.78, 5) is 132. The summed E-state index contributed by atoms with van der Waals surface area (Å²) in [7, 11) is 0. The van der Waals surface area contributed by atoms with E-state index in [9.17, 15) is 28.8 Å². The highest BCUT2D eigenvalue weighted by atomic mass is 16.2. The Labute approximate surface area is 466 Å². The van der Waals surface area contributed by atoms with Crippen LogP contribution in [0.1, 0.15) is 100 Å². The number of carbonyl (C=O) groups is 8. The van der Waals surface area contributed by atoms with Crippen LogP contribution >= 0.6 is 0 Å². The predicted molar refractivity (Wildman–Crippen MR) is 304 cm³/mol. The topological polar surface area (TPSA) is 229 Å². The van der Waals surface area contributed by atoms with E-state index in [1.54, 1.807) is 12.4 Å². The van der Waals surface area contributed by atoms with Crippen LogP contribution in [-0.2, 0) is 64.3 Å². The Morgan fingerprint density at radius 2 is 0.825 bits per heavy atom. The fourth-order valence-corrected chi connectivity index (χ4v) is 11.5. The first-order chi connectivity index (χ1) is 38.9. The second-order valence-corrected chi connectivity index (χ2v) is 21.5. The summed E-state index contributed by atoms with van der Waals surface area (Å²) in [5.74, 6) is -4.34. The summed E-state index contributed by atoms with van der Waals surface area (Å²) in [6.45, 7) is 3.51. The number of nitrogens with zero attached hydrogens (tertiary/aromatic N) is 4. The van der Waals surface area contributed by atoms with Gasteiger partial charge in [-0.05, 0) is 72.9 Å². The van der Waals surface area contributed by atoms with Crippen LogP contribution in [0.25, 0.3) is 21.8 Å². The van der Waals surface area contributed by atoms with Crippen molar-refractivity contribution in [3.8, 4) is 0 Å². The molecule has 6 atom stereocenters. The maximum atomic E-state index is 15.4. The quantitative estimate of drug-likeness (QED) is 0.0779. The zero-order valence-electron chi connectivity index (χ0n) is 45.8. The minimum Gasteiger partial charge on any atom is -0.361 e. The third-order valence-corrected chi connectivity index (χ3v) is 15.8. The molecule has 9 rings (SSSR count). The number of para-hydroxylation sites is 2. The number of fused-ring (bicyclic) bond motifs is 4. The van der Waals surface area contributed by atoms with Gasteiger partial charge in [-0.15, -0.1) is 0 Å². The number of hydrogen-bond donors (Lipinski definition) is 6. The first kappa shape index (κ1) is 56.4. The molecule has 18 nitrogen and oxygen atoms in total. The van der Waals surface area contributed by atoms with Crippen molar-refractivity contribution in [3.05, 3.63) is 144 Å². The molecule has 0 radical (unpaired) electrons. The van der Waals surface area contributed by atoms with Gasteiger partial charge in [-0.25, -0.2) is 0 Å². The van der Waals surface area contributed by atoms with E-state index in [4.69, 9.17) is 0 Å². The zero-order chi connectivity index (χ0) is 56.1. The van der Waals surface area contributed by atoms with Crippen LogP contribution in [-0.4, -0.2) is 139 Å². The fourth-order valence-electron chi connectivity index (χ4n) is 11.5. The second kappa shape index (κ2) is 26.6. The van der Waals surface area contributed by atoms with Gasteiger partial charge in [0.1, 0.15) is 49.3 Å². The molecule has 6 N–H and O–H groups in total. The molecule has 5 heterocycles.